The van der Waals surface area contributed by atoms with Gasteiger partial charge < -0.3 is 9.84 Å². The molecule has 0 fully saturated rings. The molecule has 0 radical (unpaired) electrons. The monoisotopic (exact) mass is 278 g/mol. The summed E-state index contributed by atoms with van der Waals surface area (Å²) >= 11 is 1.52. The molecule has 5 heteroatoms. The summed E-state index contributed by atoms with van der Waals surface area (Å²) in [5.74, 6) is 0.884. The van der Waals surface area contributed by atoms with Gasteiger partial charge in [0, 0.05) is 17.0 Å². The Morgan fingerprint density at radius 2 is 2.16 bits per heavy atom. The number of carbonyl (C=O) groups is 1. The van der Waals surface area contributed by atoms with E-state index in [1.807, 2.05) is 32.9 Å². The smallest absolute Gasteiger partial charge is 0.261 e. The molecule has 0 aliphatic heterocycles. The molecule has 0 spiro atoms. The van der Waals surface area contributed by atoms with E-state index in [0.29, 0.717) is 6.54 Å². The first-order valence-corrected chi connectivity index (χ1v) is 7.16. The van der Waals surface area contributed by atoms with Gasteiger partial charge in [-0.05, 0) is 45.7 Å². The number of hydrogen-bond acceptors (Lipinski definition) is 4. The lowest BCUT2D eigenvalue weighted by Gasteiger charge is -2.03. The molecular formula is C14H18N2O2S. The molecule has 2 rings (SSSR count). The molecule has 1 amide bonds. The van der Waals surface area contributed by atoms with Crippen LogP contribution < -0.4 is 5.32 Å². The van der Waals surface area contributed by atoms with E-state index < -0.39 is 0 Å². The molecule has 0 unspecified atom stereocenters. The van der Waals surface area contributed by atoms with Crippen LogP contribution >= 0.6 is 11.3 Å². The van der Waals surface area contributed by atoms with Crippen LogP contribution in [0.5, 0.6) is 0 Å². The first-order valence-electron chi connectivity index (χ1n) is 6.34. The van der Waals surface area contributed by atoms with Crippen LogP contribution in [0.15, 0.2) is 16.7 Å². The first kappa shape index (κ1) is 13.8. The zero-order chi connectivity index (χ0) is 13.8. The second-order valence-electron chi connectivity index (χ2n) is 4.57. The minimum Gasteiger partial charge on any atom is -0.361 e. The van der Waals surface area contributed by atoms with Crippen LogP contribution in [0.1, 0.15) is 38.0 Å². The third-order valence-electron chi connectivity index (χ3n) is 3.03. The summed E-state index contributed by atoms with van der Waals surface area (Å²) in [7, 11) is 0. The number of thiophene rings is 1. The van der Waals surface area contributed by atoms with Crippen molar-refractivity contribution >= 4 is 17.2 Å². The minimum absolute atomic E-state index is 0.0110. The van der Waals surface area contributed by atoms with Crippen LogP contribution in [-0.4, -0.2) is 17.6 Å². The topological polar surface area (TPSA) is 55.1 Å². The Morgan fingerprint density at radius 1 is 1.37 bits per heavy atom. The highest BCUT2D eigenvalue weighted by molar-refractivity contribution is 7.13. The molecule has 0 bridgehead atoms. The van der Waals surface area contributed by atoms with Gasteiger partial charge in [0.25, 0.3) is 5.91 Å². The zero-order valence-electron chi connectivity index (χ0n) is 11.4. The van der Waals surface area contributed by atoms with Crippen molar-refractivity contribution in [3.63, 3.8) is 0 Å². The van der Waals surface area contributed by atoms with Gasteiger partial charge in [0.1, 0.15) is 5.76 Å². The molecule has 2 aromatic heterocycles. The van der Waals surface area contributed by atoms with E-state index in [-0.39, 0.29) is 5.91 Å². The summed E-state index contributed by atoms with van der Waals surface area (Å²) in [5.41, 5.74) is 2.10. The molecule has 19 heavy (non-hydrogen) atoms. The quantitative estimate of drug-likeness (QED) is 0.855. The number of nitrogens with one attached hydrogen (secondary N) is 1. The summed E-state index contributed by atoms with van der Waals surface area (Å²) in [4.78, 5) is 13.7. The number of hydrogen-bond donors (Lipinski definition) is 1. The van der Waals surface area contributed by atoms with Gasteiger partial charge in [-0.3, -0.25) is 4.79 Å². The van der Waals surface area contributed by atoms with Crippen molar-refractivity contribution in [2.45, 2.75) is 33.6 Å². The fraction of sp³-hybridized carbons (Fsp3) is 0.429. The Morgan fingerprint density at radius 3 is 2.74 bits per heavy atom. The van der Waals surface area contributed by atoms with Gasteiger partial charge in [-0.1, -0.05) is 5.16 Å². The van der Waals surface area contributed by atoms with E-state index >= 15 is 0 Å². The average Bonchev–Trinajstić information content (AvgIpc) is 2.94. The van der Waals surface area contributed by atoms with Gasteiger partial charge in [0.15, 0.2) is 0 Å². The van der Waals surface area contributed by atoms with Crippen LogP contribution in [0.25, 0.3) is 0 Å². The molecule has 2 aromatic rings. The Bertz CT molecular complexity index is 552. The lowest BCUT2D eigenvalue weighted by Crippen LogP contribution is -2.23. The van der Waals surface area contributed by atoms with Gasteiger partial charge in [-0.2, -0.15) is 0 Å². The fourth-order valence-electron chi connectivity index (χ4n) is 1.97. The van der Waals surface area contributed by atoms with Gasteiger partial charge in [-0.15, -0.1) is 11.3 Å². The van der Waals surface area contributed by atoms with Crippen LogP contribution in [0, 0.1) is 20.8 Å². The Balaban J connectivity index is 1.77. The maximum absolute atomic E-state index is 11.8. The number of nitrogens with zero attached hydrogens (tertiary/aromatic N) is 1. The van der Waals surface area contributed by atoms with Crippen molar-refractivity contribution in [3.8, 4) is 0 Å². The number of rotatable bonds is 5. The summed E-state index contributed by atoms with van der Waals surface area (Å²) in [6.45, 7) is 6.53. The normalized spacial score (nSPS) is 10.7. The van der Waals surface area contributed by atoms with E-state index in [9.17, 15) is 4.79 Å². The van der Waals surface area contributed by atoms with Crippen molar-refractivity contribution in [3.05, 3.63) is 38.9 Å². The molecule has 0 saturated heterocycles. The van der Waals surface area contributed by atoms with E-state index in [0.717, 1.165) is 39.6 Å². The van der Waals surface area contributed by atoms with E-state index in [1.54, 1.807) is 0 Å². The molecule has 4 nitrogen and oxygen atoms in total. The highest BCUT2D eigenvalue weighted by atomic mass is 32.1. The maximum atomic E-state index is 11.8. The van der Waals surface area contributed by atoms with Crippen molar-refractivity contribution in [1.29, 1.82) is 0 Å². The largest absolute Gasteiger partial charge is 0.361 e. The van der Waals surface area contributed by atoms with Crippen molar-refractivity contribution in [1.82, 2.24) is 10.5 Å². The van der Waals surface area contributed by atoms with Crippen LogP contribution in [0.2, 0.25) is 0 Å². The molecular weight excluding hydrogens is 260 g/mol. The maximum Gasteiger partial charge on any atom is 0.261 e. The zero-order valence-corrected chi connectivity index (χ0v) is 12.3. The highest BCUT2D eigenvalue weighted by Crippen LogP contribution is 2.15. The van der Waals surface area contributed by atoms with Crippen molar-refractivity contribution < 1.29 is 9.32 Å². The molecule has 0 atom stereocenters. The minimum atomic E-state index is 0.0110. The standard InChI is InChI=1S/C14H18N2O2S/c1-9-6-7-13(19-9)14(17)15-8-4-5-12-10(2)16-18-11(12)3/h6-7H,4-5,8H2,1-3H3,(H,15,17). The third kappa shape index (κ3) is 3.44. The lowest BCUT2D eigenvalue weighted by molar-refractivity contribution is 0.0957. The van der Waals surface area contributed by atoms with E-state index in [1.165, 1.54) is 11.3 Å². The van der Waals surface area contributed by atoms with Gasteiger partial charge in [0.05, 0.1) is 10.6 Å². The van der Waals surface area contributed by atoms with Crippen molar-refractivity contribution in [2.75, 3.05) is 6.54 Å². The SMILES string of the molecule is Cc1ccc(C(=O)NCCCc2c(C)noc2C)s1. The van der Waals surface area contributed by atoms with Gasteiger partial charge in [0.2, 0.25) is 0 Å². The molecule has 102 valence electrons. The lowest BCUT2D eigenvalue weighted by atomic mass is 10.1. The molecule has 0 aliphatic carbocycles. The average molecular weight is 278 g/mol. The Hall–Kier alpha value is -1.62. The molecule has 0 aromatic carbocycles. The number of carbonyl (C=O) groups excluding carboxylic acids is 1. The number of aromatic nitrogens is 1. The Labute approximate surface area is 116 Å². The van der Waals surface area contributed by atoms with Crippen molar-refractivity contribution in [2.24, 2.45) is 0 Å². The Kier molecular flexibility index (Phi) is 4.37. The number of amides is 1. The summed E-state index contributed by atoms with van der Waals surface area (Å²) in [6.07, 6.45) is 1.77. The molecule has 0 saturated carbocycles. The first-order chi connectivity index (χ1) is 9.08. The van der Waals surface area contributed by atoms with Gasteiger partial charge in [-0.25, -0.2) is 0 Å². The number of aryl methyl sites for hydroxylation is 3. The molecule has 2 heterocycles. The predicted molar refractivity (Wildman–Crippen MR) is 75.7 cm³/mol. The van der Waals surface area contributed by atoms with Crippen LogP contribution in [-0.2, 0) is 6.42 Å². The van der Waals surface area contributed by atoms with E-state index in [4.69, 9.17) is 4.52 Å². The van der Waals surface area contributed by atoms with E-state index in [2.05, 4.69) is 10.5 Å². The third-order valence-corrected chi connectivity index (χ3v) is 4.03. The van der Waals surface area contributed by atoms with Gasteiger partial charge >= 0.3 is 0 Å². The molecule has 1 N–H and O–H groups in total. The van der Waals surface area contributed by atoms with Crippen LogP contribution in [0.3, 0.4) is 0 Å². The second-order valence-corrected chi connectivity index (χ2v) is 5.86. The highest BCUT2D eigenvalue weighted by Gasteiger charge is 2.10. The summed E-state index contributed by atoms with van der Waals surface area (Å²) in [6, 6.07) is 3.83. The predicted octanol–water partition coefficient (Wildman–Crippen LogP) is 3.02. The van der Waals surface area contributed by atoms with Crippen LogP contribution in [0.4, 0.5) is 0 Å². The summed E-state index contributed by atoms with van der Waals surface area (Å²) < 4.78 is 5.11. The fourth-order valence-corrected chi connectivity index (χ4v) is 2.75. The molecule has 0 aliphatic rings. The second kappa shape index (κ2) is 6.02. The summed E-state index contributed by atoms with van der Waals surface area (Å²) in [5, 5.41) is 6.85.